The van der Waals surface area contributed by atoms with E-state index >= 15 is 0 Å². The Morgan fingerprint density at radius 1 is 1.45 bits per heavy atom. The van der Waals surface area contributed by atoms with Crippen molar-refractivity contribution in [3.8, 4) is 0 Å². The fraction of sp³-hybridized carbons (Fsp3) is 0.500. The molecule has 0 aromatic heterocycles. The molecule has 0 radical (unpaired) electrons. The molecule has 1 fully saturated rings. The highest BCUT2D eigenvalue weighted by molar-refractivity contribution is 5.78. The van der Waals surface area contributed by atoms with Gasteiger partial charge in [0.2, 0.25) is 5.82 Å². The Morgan fingerprint density at radius 3 is 2.60 bits per heavy atom. The molecule has 0 unspecified atom stereocenters. The highest BCUT2D eigenvalue weighted by Gasteiger charge is 2.22. The summed E-state index contributed by atoms with van der Waals surface area (Å²) < 4.78 is 13.5. The molecule has 108 valence electrons. The number of nitro benzene ring substituents is 1. The number of rotatable bonds is 4. The third-order valence-corrected chi connectivity index (χ3v) is 3.78. The van der Waals surface area contributed by atoms with Crippen LogP contribution in [0, 0.1) is 21.8 Å². The van der Waals surface area contributed by atoms with Crippen molar-refractivity contribution < 1.29 is 14.1 Å². The Morgan fingerprint density at radius 2 is 2.10 bits per heavy atom. The molecule has 1 saturated heterocycles. The second-order valence-corrected chi connectivity index (χ2v) is 5.20. The summed E-state index contributed by atoms with van der Waals surface area (Å²) in [7, 11) is 0. The van der Waals surface area contributed by atoms with Crippen LogP contribution in [-0.4, -0.2) is 28.7 Å². The maximum absolute atomic E-state index is 13.5. The summed E-state index contributed by atoms with van der Waals surface area (Å²) in [6.45, 7) is 3.76. The number of ketones is 1. The van der Waals surface area contributed by atoms with Crippen LogP contribution >= 0.6 is 0 Å². The van der Waals surface area contributed by atoms with Gasteiger partial charge in [-0.3, -0.25) is 19.8 Å². The minimum Gasteiger partial charge on any atom is -0.300 e. The van der Waals surface area contributed by atoms with Gasteiger partial charge < -0.3 is 0 Å². The van der Waals surface area contributed by atoms with Gasteiger partial charge in [-0.15, -0.1) is 0 Å². The molecule has 0 atom stereocenters. The van der Waals surface area contributed by atoms with Crippen LogP contribution in [0.4, 0.5) is 10.1 Å². The lowest BCUT2D eigenvalue weighted by molar-refractivity contribution is -0.387. The number of benzene rings is 1. The van der Waals surface area contributed by atoms with E-state index in [0.29, 0.717) is 6.54 Å². The van der Waals surface area contributed by atoms with Crippen LogP contribution in [0.15, 0.2) is 18.2 Å². The molecular formula is C14H17FN2O3. The molecule has 20 heavy (non-hydrogen) atoms. The molecule has 0 spiro atoms. The first-order valence-corrected chi connectivity index (χ1v) is 6.63. The van der Waals surface area contributed by atoms with Crippen LogP contribution < -0.4 is 0 Å². The van der Waals surface area contributed by atoms with E-state index in [2.05, 4.69) is 4.90 Å². The Bertz CT molecular complexity index is 525. The van der Waals surface area contributed by atoms with E-state index in [9.17, 15) is 19.3 Å². The number of nitro groups is 1. The van der Waals surface area contributed by atoms with Crippen LogP contribution in [0.25, 0.3) is 0 Å². The first-order chi connectivity index (χ1) is 9.47. The van der Waals surface area contributed by atoms with Crippen molar-refractivity contribution in [1.82, 2.24) is 4.90 Å². The normalized spacial score (nSPS) is 17.1. The van der Waals surface area contributed by atoms with Crippen LogP contribution in [0.3, 0.4) is 0 Å². The van der Waals surface area contributed by atoms with Gasteiger partial charge in [0, 0.05) is 18.5 Å². The zero-order valence-corrected chi connectivity index (χ0v) is 11.3. The van der Waals surface area contributed by atoms with Gasteiger partial charge in [0.25, 0.3) is 0 Å². The molecule has 6 heteroatoms. The van der Waals surface area contributed by atoms with Crippen LogP contribution in [-0.2, 0) is 11.3 Å². The van der Waals surface area contributed by atoms with Gasteiger partial charge in [-0.05, 0) is 44.5 Å². The predicted molar refractivity (Wildman–Crippen MR) is 71.7 cm³/mol. The number of likely N-dealkylation sites (tertiary alicyclic amines) is 1. The van der Waals surface area contributed by atoms with E-state index in [1.807, 2.05) is 0 Å². The maximum Gasteiger partial charge on any atom is 0.304 e. The minimum atomic E-state index is -0.800. The van der Waals surface area contributed by atoms with Crippen LogP contribution in [0.1, 0.15) is 25.3 Å². The highest BCUT2D eigenvalue weighted by atomic mass is 19.1. The standard InChI is InChI=1S/C14H17FN2O3/c1-10(18)12-4-6-16(7-5-12)9-11-2-3-14(17(19)20)13(15)8-11/h2-3,8,12H,4-7,9H2,1H3. The van der Waals surface area contributed by atoms with Crippen molar-refractivity contribution in [2.45, 2.75) is 26.3 Å². The lowest BCUT2D eigenvalue weighted by Gasteiger charge is -2.30. The molecular weight excluding hydrogens is 263 g/mol. The Balaban J connectivity index is 1.96. The number of hydrogen-bond donors (Lipinski definition) is 0. The number of carbonyl (C=O) groups is 1. The molecule has 1 heterocycles. The molecule has 0 N–H and O–H groups in total. The summed E-state index contributed by atoms with van der Waals surface area (Å²) in [6, 6.07) is 4.00. The minimum absolute atomic E-state index is 0.139. The Kier molecular flexibility index (Phi) is 4.44. The zero-order chi connectivity index (χ0) is 14.7. The second-order valence-electron chi connectivity index (χ2n) is 5.20. The molecule has 1 aliphatic heterocycles. The van der Waals surface area contributed by atoms with Gasteiger partial charge in [-0.25, -0.2) is 0 Å². The third-order valence-electron chi connectivity index (χ3n) is 3.78. The molecule has 0 amide bonds. The monoisotopic (exact) mass is 280 g/mol. The third kappa shape index (κ3) is 3.39. The van der Waals surface area contributed by atoms with E-state index in [0.717, 1.165) is 31.5 Å². The van der Waals surface area contributed by atoms with Crippen molar-refractivity contribution >= 4 is 11.5 Å². The van der Waals surface area contributed by atoms with Gasteiger partial charge in [-0.1, -0.05) is 6.07 Å². The Labute approximate surface area is 116 Å². The molecule has 1 aromatic carbocycles. The summed E-state index contributed by atoms with van der Waals surface area (Å²) in [5.41, 5.74) is 0.221. The molecule has 0 saturated carbocycles. The summed E-state index contributed by atoms with van der Waals surface area (Å²) in [5, 5.41) is 10.5. The molecule has 1 aromatic rings. The first-order valence-electron chi connectivity index (χ1n) is 6.63. The van der Waals surface area contributed by atoms with E-state index < -0.39 is 16.4 Å². The van der Waals surface area contributed by atoms with E-state index in [4.69, 9.17) is 0 Å². The highest BCUT2D eigenvalue weighted by Crippen LogP contribution is 2.22. The Hall–Kier alpha value is -1.82. The quantitative estimate of drug-likeness (QED) is 0.628. The largest absolute Gasteiger partial charge is 0.304 e. The van der Waals surface area contributed by atoms with Gasteiger partial charge >= 0.3 is 5.69 Å². The molecule has 5 nitrogen and oxygen atoms in total. The van der Waals surface area contributed by atoms with Gasteiger partial charge in [0.15, 0.2) is 0 Å². The fourth-order valence-electron chi connectivity index (χ4n) is 2.55. The SMILES string of the molecule is CC(=O)C1CCN(Cc2ccc([N+](=O)[O-])c(F)c2)CC1. The first kappa shape index (κ1) is 14.6. The van der Waals surface area contributed by atoms with Crippen molar-refractivity contribution in [2.75, 3.05) is 13.1 Å². The lowest BCUT2D eigenvalue weighted by Crippen LogP contribution is -2.35. The summed E-state index contributed by atoms with van der Waals surface area (Å²) >= 11 is 0. The molecule has 0 bridgehead atoms. The maximum atomic E-state index is 13.5. The number of nitrogens with zero attached hydrogens (tertiary/aromatic N) is 2. The van der Waals surface area contributed by atoms with E-state index in [1.165, 1.54) is 12.1 Å². The fourth-order valence-corrected chi connectivity index (χ4v) is 2.55. The molecule has 2 rings (SSSR count). The number of piperidine rings is 1. The van der Waals surface area contributed by atoms with Gasteiger partial charge in [-0.2, -0.15) is 4.39 Å². The van der Waals surface area contributed by atoms with Crippen molar-refractivity contribution in [1.29, 1.82) is 0 Å². The topological polar surface area (TPSA) is 63.5 Å². The average molecular weight is 280 g/mol. The predicted octanol–water partition coefficient (Wildman–Crippen LogP) is 2.53. The molecule has 0 aliphatic carbocycles. The van der Waals surface area contributed by atoms with E-state index in [-0.39, 0.29) is 11.7 Å². The van der Waals surface area contributed by atoms with Crippen LogP contribution in [0.2, 0.25) is 0 Å². The average Bonchev–Trinajstić information content (AvgIpc) is 2.39. The van der Waals surface area contributed by atoms with Crippen molar-refractivity contribution in [3.63, 3.8) is 0 Å². The van der Waals surface area contributed by atoms with E-state index in [1.54, 1.807) is 13.0 Å². The van der Waals surface area contributed by atoms with Crippen molar-refractivity contribution in [2.24, 2.45) is 5.92 Å². The lowest BCUT2D eigenvalue weighted by atomic mass is 9.93. The number of halogens is 1. The van der Waals surface area contributed by atoms with Crippen LogP contribution in [0.5, 0.6) is 0 Å². The number of carbonyl (C=O) groups excluding carboxylic acids is 1. The van der Waals surface area contributed by atoms with Gasteiger partial charge in [0.1, 0.15) is 5.78 Å². The van der Waals surface area contributed by atoms with Gasteiger partial charge in [0.05, 0.1) is 4.92 Å². The summed E-state index contributed by atoms with van der Waals surface area (Å²) in [5.74, 6) is -0.433. The summed E-state index contributed by atoms with van der Waals surface area (Å²) in [6.07, 6.45) is 1.65. The second kappa shape index (κ2) is 6.09. The number of hydrogen-bond acceptors (Lipinski definition) is 4. The number of Topliss-reactive ketones (excluding diaryl/α,β-unsaturated/α-hetero) is 1. The van der Waals surface area contributed by atoms with Crippen molar-refractivity contribution in [3.05, 3.63) is 39.7 Å². The smallest absolute Gasteiger partial charge is 0.300 e. The summed E-state index contributed by atoms with van der Waals surface area (Å²) in [4.78, 5) is 23.2. The molecule has 1 aliphatic rings. The zero-order valence-electron chi connectivity index (χ0n) is 11.3.